The van der Waals surface area contributed by atoms with Crippen LogP contribution in [0.3, 0.4) is 0 Å². The minimum absolute atomic E-state index is 0.0250. The summed E-state index contributed by atoms with van der Waals surface area (Å²) in [6.45, 7) is 7.40. The molecular formula is C31H33N5O2. The molecule has 1 spiro atoms. The third-order valence-corrected chi connectivity index (χ3v) is 8.42. The average molecular weight is 508 g/mol. The van der Waals surface area contributed by atoms with Gasteiger partial charge in [-0.1, -0.05) is 36.4 Å². The molecule has 194 valence electrons. The van der Waals surface area contributed by atoms with Gasteiger partial charge < -0.3 is 10.6 Å². The lowest BCUT2D eigenvalue weighted by Crippen LogP contribution is -2.49. The number of amides is 2. The molecule has 0 radical (unpaired) electrons. The zero-order valence-electron chi connectivity index (χ0n) is 22.1. The molecule has 7 nitrogen and oxygen atoms in total. The van der Waals surface area contributed by atoms with Crippen LogP contribution >= 0.6 is 0 Å². The summed E-state index contributed by atoms with van der Waals surface area (Å²) in [5.74, 6) is -0.556. The first-order valence-electron chi connectivity index (χ1n) is 13.4. The molecule has 2 N–H and O–H groups in total. The Hall–Kier alpha value is -4.00. The fourth-order valence-corrected chi connectivity index (χ4v) is 6.39. The molecule has 1 saturated carbocycles. The van der Waals surface area contributed by atoms with Gasteiger partial charge in [0.05, 0.1) is 6.54 Å². The molecule has 2 aliphatic carbocycles. The van der Waals surface area contributed by atoms with Crippen molar-refractivity contribution in [2.45, 2.75) is 58.5 Å². The number of fused-ring (bicyclic) bond motifs is 1. The van der Waals surface area contributed by atoms with Gasteiger partial charge in [-0.05, 0) is 85.9 Å². The standard InChI is InChI=1S/C31H33N5O2/c1-4-36-25(13-16-33-36)29(37)35-28(27-24-8-6-5-7-22(24)17-31(27)14-15-31)30(38)34-23-11-9-21(10-12-23)26-19(2)18-32-20(26)3/h5-13,16,27-28H,4,14-15,17-18H2,1-3H3,(H,34,38)(H,35,37)/t27?,28-/m0/s1. The predicted molar refractivity (Wildman–Crippen MR) is 149 cm³/mol. The van der Waals surface area contributed by atoms with Gasteiger partial charge in [-0.3, -0.25) is 19.3 Å². The summed E-state index contributed by atoms with van der Waals surface area (Å²) in [7, 11) is 0. The quantitative estimate of drug-likeness (QED) is 0.471. The first kappa shape index (κ1) is 24.3. The molecule has 3 aromatic rings. The molecule has 2 amide bonds. The molecule has 3 aliphatic rings. The van der Waals surface area contributed by atoms with E-state index >= 15 is 0 Å². The minimum atomic E-state index is -0.706. The number of anilines is 1. The number of hydrogen-bond donors (Lipinski definition) is 2. The summed E-state index contributed by atoms with van der Waals surface area (Å²) >= 11 is 0. The molecule has 7 heteroatoms. The van der Waals surface area contributed by atoms with E-state index < -0.39 is 6.04 Å². The Bertz CT molecular complexity index is 1480. The van der Waals surface area contributed by atoms with E-state index in [0.717, 1.165) is 37.1 Å². The SMILES string of the molecule is CCn1nccc1C(=O)N[C@H](C(=O)Nc1ccc(C2=C(C)CN=C2C)cc1)C1c2ccccc2CC12CC2. The number of aromatic nitrogens is 2. The van der Waals surface area contributed by atoms with Crippen LogP contribution in [0.4, 0.5) is 5.69 Å². The molecule has 1 fully saturated rings. The Morgan fingerprint density at radius 1 is 1.08 bits per heavy atom. The Balaban J connectivity index is 1.30. The summed E-state index contributed by atoms with van der Waals surface area (Å²) in [4.78, 5) is 31.9. The van der Waals surface area contributed by atoms with Crippen LogP contribution in [0.5, 0.6) is 0 Å². The Morgan fingerprint density at radius 3 is 2.53 bits per heavy atom. The van der Waals surface area contributed by atoms with Crippen molar-refractivity contribution in [2.75, 3.05) is 11.9 Å². The highest BCUT2D eigenvalue weighted by Crippen LogP contribution is 2.64. The minimum Gasteiger partial charge on any atom is -0.338 e. The van der Waals surface area contributed by atoms with Gasteiger partial charge in [-0.25, -0.2) is 0 Å². The second-order valence-corrected chi connectivity index (χ2v) is 10.8. The van der Waals surface area contributed by atoms with E-state index in [1.165, 1.54) is 22.3 Å². The number of hydrogen-bond acceptors (Lipinski definition) is 4. The normalized spacial score (nSPS) is 19.8. The van der Waals surface area contributed by atoms with Gasteiger partial charge in [0.2, 0.25) is 5.91 Å². The van der Waals surface area contributed by atoms with Crippen LogP contribution in [0.25, 0.3) is 5.57 Å². The second-order valence-electron chi connectivity index (χ2n) is 10.8. The van der Waals surface area contributed by atoms with Gasteiger partial charge in [0.1, 0.15) is 11.7 Å². The number of aliphatic imine (C=N–C) groups is 1. The molecule has 0 bridgehead atoms. The van der Waals surface area contributed by atoms with Crippen molar-refractivity contribution in [1.82, 2.24) is 15.1 Å². The number of rotatable bonds is 7. The van der Waals surface area contributed by atoms with Crippen LogP contribution in [0.15, 0.2) is 71.4 Å². The molecule has 2 heterocycles. The van der Waals surface area contributed by atoms with E-state index in [-0.39, 0.29) is 23.1 Å². The van der Waals surface area contributed by atoms with Crippen LogP contribution in [-0.2, 0) is 17.8 Å². The Labute approximate surface area is 223 Å². The first-order chi connectivity index (χ1) is 18.4. The van der Waals surface area contributed by atoms with Crippen LogP contribution < -0.4 is 10.6 Å². The number of nitrogens with zero attached hydrogens (tertiary/aromatic N) is 3. The van der Waals surface area contributed by atoms with E-state index in [4.69, 9.17) is 0 Å². The fourth-order valence-electron chi connectivity index (χ4n) is 6.39. The van der Waals surface area contributed by atoms with Crippen molar-refractivity contribution in [3.8, 4) is 0 Å². The summed E-state index contributed by atoms with van der Waals surface area (Å²) in [6, 6.07) is 17.3. The molecule has 1 aromatic heterocycles. The third-order valence-electron chi connectivity index (χ3n) is 8.42. The lowest BCUT2D eigenvalue weighted by Gasteiger charge is -2.29. The van der Waals surface area contributed by atoms with Crippen molar-refractivity contribution < 1.29 is 9.59 Å². The molecule has 0 saturated heterocycles. The van der Waals surface area contributed by atoms with Crippen molar-refractivity contribution in [3.63, 3.8) is 0 Å². The van der Waals surface area contributed by atoms with Gasteiger partial charge >= 0.3 is 0 Å². The molecule has 2 atom stereocenters. The number of carbonyl (C=O) groups is 2. The largest absolute Gasteiger partial charge is 0.338 e. The second kappa shape index (κ2) is 9.39. The van der Waals surface area contributed by atoms with Gasteiger partial charge in [0, 0.05) is 35.6 Å². The van der Waals surface area contributed by atoms with Gasteiger partial charge in [-0.15, -0.1) is 0 Å². The summed E-state index contributed by atoms with van der Waals surface area (Å²) < 4.78 is 1.66. The van der Waals surface area contributed by atoms with Crippen LogP contribution in [-0.4, -0.2) is 39.9 Å². The maximum absolute atomic E-state index is 14.0. The molecule has 38 heavy (non-hydrogen) atoms. The van der Waals surface area contributed by atoms with Crippen molar-refractivity contribution in [3.05, 3.63) is 88.8 Å². The number of carbonyl (C=O) groups excluding carboxylic acids is 2. The summed E-state index contributed by atoms with van der Waals surface area (Å²) in [5, 5.41) is 10.5. The van der Waals surface area contributed by atoms with Crippen molar-refractivity contribution >= 4 is 28.8 Å². The van der Waals surface area contributed by atoms with Crippen LogP contribution in [0.1, 0.15) is 66.7 Å². The molecule has 2 aromatic carbocycles. The monoisotopic (exact) mass is 507 g/mol. The highest BCUT2D eigenvalue weighted by molar-refractivity contribution is 6.25. The van der Waals surface area contributed by atoms with Crippen molar-refractivity contribution in [1.29, 1.82) is 0 Å². The number of benzene rings is 2. The molecular weight excluding hydrogens is 474 g/mol. The number of nitrogens with one attached hydrogen (secondary N) is 2. The maximum atomic E-state index is 14.0. The van der Waals surface area contributed by atoms with E-state index in [1.54, 1.807) is 16.9 Å². The molecule has 1 aliphatic heterocycles. The fraction of sp³-hybridized carbons (Fsp3) is 0.355. The first-order valence-corrected chi connectivity index (χ1v) is 13.4. The molecule has 6 rings (SSSR count). The maximum Gasteiger partial charge on any atom is 0.270 e. The van der Waals surface area contributed by atoms with E-state index in [9.17, 15) is 9.59 Å². The highest BCUT2D eigenvalue weighted by atomic mass is 16.2. The van der Waals surface area contributed by atoms with Crippen molar-refractivity contribution in [2.24, 2.45) is 10.4 Å². The zero-order valence-corrected chi connectivity index (χ0v) is 22.1. The lowest BCUT2D eigenvalue weighted by molar-refractivity contribution is -0.118. The summed E-state index contributed by atoms with van der Waals surface area (Å²) in [5.41, 5.74) is 8.22. The van der Waals surface area contributed by atoms with Gasteiger partial charge in [0.15, 0.2) is 0 Å². The average Bonchev–Trinajstić information content (AvgIpc) is 3.23. The zero-order chi connectivity index (χ0) is 26.4. The Morgan fingerprint density at radius 2 is 1.84 bits per heavy atom. The topological polar surface area (TPSA) is 88.4 Å². The predicted octanol–water partition coefficient (Wildman–Crippen LogP) is 5.01. The number of allylic oxidation sites excluding steroid dienone is 1. The van der Waals surface area contributed by atoms with Gasteiger partial charge in [0.25, 0.3) is 5.91 Å². The van der Waals surface area contributed by atoms with Crippen LogP contribution in [0.2, 0.25) is 0 Å². The van der Waals surface area contributed by atoms with E-state index in [1.807, 2.05) is 44.2 Å². The van der Waals surface area contributed by atoms with E-state index in [0.29, 0.717) is 17.9 Å². The van der Waals surface area contributed by atoms with Crippen LogP contribution in [0, 0.1) is 5.41 Å². The smallest absolute Gasteiger partial charge is 0.270 e. The van der Waals surface area contributed by atoms with Gasteiger partial charge in [-0.2, -0.15) is 5.10 Å². The van der Waals surface area contributed by atoms with E-state index in [2.05, 4.69) is 45.8 Å². The Kier molecular flexibility index (Phi) is 6.01. The molecule has 1 unspecified atom stereocenters. The number of aryl methyl sites for hydroxylation is 1. The highest BCUT2D eigenvalue weighted by Gasteiger charge is 2.58. The lowest BCUT2D eigenvalue weighted by atomic mass is 9.82. The summed E-state index contributed by atoms with van der Waals surface area (Å²) in [6.07, 6.45) is 4.69. The third kappa shape index (κ3) is 4.16.